The molecule has 0 radical (unpaired) electrons. The molecule has 1 aromatic rings. The quantitative estimate of drug-likeness (QED) is 0.792. The molecule has 0 aromatic heterocycles. The Labute approximate surface area is 85.1 Å². The van der Waals surface area contributed by atoms with Crippen LogP contribution in [0.1, 0.15) is 18.9 Å². The number of ether oxygens (including phenoxy) is 1. The predicted octanol–water partition coefficient (Wildman–Crippen LogP) is 1.97. The molecule has 0 saturated heterocycles. The molecule has 2 rings (SSSR count). The van der Waals surface area contributed by atoms with Crippen LogP contribution in [0.5, 0.6) is 5.75 Å². The van der Waals surface area contributed by atoms with E-state index in [-0.39, 0.29) is 5.54 Å². The van der Waals surface area contributed by atoms with Gasteiger partial charge in [-0.1, -0.05) is 25.1 Å². The van der Waals surface area contributed by atoms with Crippen molar-refractivity contribution in [1.82, 2.24) is 0 Å². The average Bonchev–Trinajstić information content (AvgIpc) is 2.75. The van der Waals surface area contributed by atoms with E-state index in [0.29, 0.717) is 5.92 Å². The molecule has 1 saturated carbocycles. The number of hydrogen-bond acceptors (Lipinski definition) is 2. The van der Waals surface area contributed by atoms with E-state index < -0.39 is 0 Å². The van der Waals surface area contributed by atoms with Crippen molar-refractivity contribution in [3.8, 4) is 5.75 Å². The SMILES string of the molecule is COc1ccccc1CC1(N)CC1C. The normalized spacial score (nSPS) is 30.1. The van der Waals surface area contributed by atoms with Crippen LogP contribution in [0.3, 0.4) is 0 Å². The van der Waals surface area contributed by atoms with Crippen molar-refractivity contribution in [2.75, 3.05) is 7.11 Å². The second-order valence-electron chi connectivity index (χ2n) is 4.33. The Morgan fingerprint density at radius 1 is 1.50 bits per heavy atom. The fourth-order valence-electron chi connectivity index (χ4n) is 1.96. The Morgan fingerprint density at radius 2 is 2.14 bits per heavy atom. The van der Waals surface area contributed by atoms with Gasteiger partial charge >= 0.3 is 0 Å². The van der Waals surface area contributed by atoms with Crippen LogP contribution in [0.4, 0.5) is 0 Å². The van der Waals surface area contributed by atoms with Crippen molar-refractivity contribution in [2.24, 2.45) is 11.7 Å². The topological polar surface area (TPSA) is 35.2 Å². The van der Waals surface area contributed by atoms with Crippen molar-refractivity contribution < 1.29 is 4.74 Å². The molecule has 2 N–H and O–H groups in total. The molecular weight excluding hydrogens is 174 g/mol. The molecule has 2 atom stereocenters. The van der Waals surface area contributed by atoms with Crippen LogP contribution in [0.2, 0.25) is 0 Å². The van der Waals surface area contributed by atoms with E-state index >= 15 is 0 Å². The highest BCUT2D eigenvalue weighted by atomic mass is 16.5. The van der Waals surface area contributed by atoms with Crippen LogP contribution in [-0.4, -0.2) is 12.6 Å². The van der Waals surface area contributed by atoms with E-state index in [1.165, 1.54) is 5.56 Å². The number of benzene rings is 1. The van der Waals surface area contributed by atoms with E-state index in [2.05, 4.69) is 13.0 Å². The zero-order valence-corrected chi connectivity index (χ0v) is 8.79. The predicted molar refractivity (Wildman–Crippen MR) is 57.4 cm³/mol. The lowest BCUT2D eigenvalue weighted by Gasteiger charge is -2.13. The summed E-state index contributed by atoms with van der Waals surface area (Å²) in [6.45, 7) is 2.20. The number of methoxy groups -OCH3 is 1. The summed E-state index contributed by atoms with van der Waals surface area (Å²) < 4.78 is 5.30. The zero-order valence-electron chi connectivity index (χ0n) is 8.79. The Hall–Kier alpha value is -1.02. The molecule has 2 heteroatoms. The van der Waals surface area contributed by atoms with Crippen LogP contribution < -0.4 is 10.5 Å². The molecule has 0 heterocycles. The smallest absolute Gasteiger partial charge is 0.122 e. The monoisotopic (exact) mass is 191 g/mol. The van der Waals surface area contributed by atoms with Gasteiger partial charge in [0, 0.05) is 5.54 Å². The van der Waals surface area contributed by atoms with Gasteiger partial charge in [-0.05, 0) is 30.4 Å². The van der Waals surface area contributed by atoms with Crippen molar-refractivity contribution in [1.29, 1.82) is 0 Å². The molecule has 1 fully saturated rings. The molecule has 1 aromatic carbocycles. The molecule has 1 aliphatic carbocycles. The molecule has 2 nitrogen and oxygen atoms in total. The maximum atomic E-state index is 6.19. The van der Waals surface area contributed by atoms with Gasteiger partial charge in [0.15, 0.2) is 0 Å². The minimum absolute atomic E-state index is 0.0225. The first-order valence-corrected chi connectivity index (χ1v) is 5.06. The number of rotatable bonds is 3. The van der Waals surface area contributed by atoms with Crippen LogP contribution in [0.25, 0.3) is 0 Å². The molecule has 0 bridgehead atoms. The summed E-state index contributed by atoms with van der Waals surface area (Å²) in [6.07, 6.45) is 2.06. The molecule has 1 aliphatic rings. The molecule has 0 amide bonds. The maximum Gasteiger partial charge on any atom is 0.122 e. The third-order valence-corrected chi connectivity index (χ3v) is 3.22. The number of para-hydroxylation sites is 1. The molecule has 0 aliphatic heterocycles. The standard InChI is InChI=1S/C12H17NO/c1-9-7-12(9,13)8-10-5-3-4-6-11(10)14-2/h3-6,9H,7-8,13H2,1-2H3. The minimum atomic E-state index is 0.0225. The first-order valence-electron chi connectivity index (χ1n) is 5.06. The third-order valence-electron chi connectivity index (χ3n) is 3.22. The van der Waals surface area contributed by atoms with E-state index in [4.69, 9.17) is 10.5 Å². The van der Waals surface area contributed by atoms with E-state index in [9.17, 15) is 0 Å². The highest BCUT2D eigenvalue weighted by Gasteiger charge is 2.47. The first-order chi connectivity index (χ1) is 6.65. The van der Waals surface area contributed by atoms with E-state index in [0.717, 1.165) is 18.6 Å². The van der Waals surface area contributed by atoms with Gasteiger partial charge in [-0.25, -0.2) is 0 Å². The highest BCUT2D eigenvalue weighted by Crippen LogP contribution is 2.43. The lowest BCUT2D eigenvalue weighted by molar-refractivity contribution is 0.406. The maximum absolute atomic E-state index is 6.19. The molecule has 76 valence electrons. The summed E-state index contributed by atoms with van der Waals surface area (Å²) >= 11 is 0. The van der Waals surface area contributed by atoms with Gasteiger partial charge < -0.3 is 10.5 Å². The van der Waals surface area contributed by atoms with Gasteiger partial charge in [0.2, 0.25) is 0 Å². The molecule has 14 heavy (non-hydrogen) atoms. The Balaban J connectivity index is 2.16. The van der Waals surface area contributed by atoms with Gasteiger partial charge in [0.25, 0.3) is 0 Å². The van der Waals surface area contributed by atoms with Crippen LogP contribution >= 0.6 is 0 Å². The highest BCUT2D eigenvalue weighted by molar-refractivity contribution is 5.36. The largest absolute Gasteiger partial charge is 0.496 e. The second-order valence-corrected chi connectivity index (χ2v) is 4.33. The molecular formula is C12H17NO. The fraction of sp³-hybridized carbons (Fsp3) is 0.500. The van der Waals surface area contributed by atoms with Crippen LogP contribution in [0.15, 0.2) is 24.3 Å². The first kappa shape index (κ1) is 9.53. The minimum Gasteiger partial charge on any atom is -0.496 e. The Kier molecular flexibility index (Phi) is 2.23. The van der Waals surface area contributed by atoms with Gasteiger partial charge in [0.1, 0.15) is 5.75 Å². The van der Waals surface area contributed by atoms with Crippen molar-refractivity contribution in [3.63, 3.8) is 0 Å². The van der Waals surface area contributed by atoms with Gasteiger partial charge in [0.05, 0.1) is 7.11 Å². The Bertz CT molecular complexity index is 337. The summed E-state index contributed by atoms with van der Waals surface area (Å²) in [4.78, 5) is 0. The van der Waals surface area contributed by atoms with Crippen molar-refractivity contribution >= 4 is 0 Å². The summed E-state index contributed by atoms with van der Waals surface area (Å²) in [5, 5.41) is 0. The van der Waals surface area contributed by atoms with E-state index in [1.54, 1.807) is 7.11 Å². The van der Waals surface area contributed by atoms with Crippen LogP contribution in [-0.2, 0) is 6.42 Å². The average molecular weight is 191 g/mol. The van der Waals surface area contributed by atoms with Gasteiger partial charge in [-0.15, -0.1) is 0 Å². The lowest BCUT2D eigenvalue weighted by Crippen LogP contribution is -2.27. The fourth-order valence-corrected chi connectivity index (χ4v) is 1.96. The lowest BCUT2D eigenvalue weighted by atomic mass is 10.0. The van der Waals surface area contributed by atoms with Crippen molar-refractivity contribution in [3.05, 3.63) is 29.8 Å². The molecule has 2 unspecified atom stereocenters. The Morgan fingerprint density at radius 3 is 2.71 bits per heavy atom. The summed E-state index contributed by atoms with van der Waals surface area (Å²) in [5.74, 6) is 1.60. The second kappa shape index (κ2) is 3.28. The van der Waals surface area contributed by atoms with Gasteiger partial charge in [-0.3, -0.25) is 0 Å². The van der Waals surface area contributed by atoms with E-state index in [1.807, 2.05) is 18.2 Å². The van der Waals surface area contributed by atoms with Gasteiger partial charge in [-0.2, -0.15) is 0 Å². The number of nitrogens with two attached hydrogens (primary N) is 1. The van der Waals surface area contributed by atoms with Crippen molar-refractivity contribution in [2.45, 2.75) is 25.3 Å². The van der Waals surface area contributed by atoms with Crippen LogP contribution in [0, 0.1) is 5.92 Å². The summed E-state index contributed by atoms with van der Waals surface area (Å²) in [6, 6.07) is 8.11. The summed E-state index contributed by atoms with van der Waals surface area (Å²) in [5.41, 5.74) is 7.44. The number of hydrogen-bond donors (Lipinski definition) is 1. The third kappa shape index (κ3) is 1.62. The zero-order chi connectivity index (χ0) is 10.2. The molecule has 0 spiro atoms. The summed E-state index contributed by atoms with van der Waals surface area (Å²) in [7, 11) is 1.71.